The number of amides is 1. The molecule has 1 amide bonds. The van der Waals surface area contributed by atoms with E-state index in [1.54, 1.807) is 6.92 Å². The maximum absolute atomic E-state index is 11.2. The van der Waals surface area contributed by atoms with Crippen molar-refractivity contribution in [3.63, 3.8) is 0 Å². The summed E-state index contributed by atoms with van der Waals surface area (Å²) in [4.78, 5) is 11.2. The number of hydrogen-bond donors (Lipinski definition) is 1. The minimum atomic E-state index is 0.0125. The zero-order valence-corrected chi connectivity index (χ0v) is 23.6. The first-order chi connectivity index (χ1) is 18.9. The van der Waals surface area contributed by atoms with Crippen molar-refractivity contribution >= 4 is 5.91 Å². The number of rotatable bonds is 12. The molecule has 4 aromatic carbocycles. The Morgan fingerprint density at radius 1 is 0.744 bits per heavy atom. The van der Waals surface area contributed by atoms with Crippen molar-refractivity contribution in [3.05, 3.63) is 118 Å². The first kappa shape index (κ1) is 28.0. The first-order valence-corrected chi connectivity index (χ1v) is 13.7. The number of carbonyl (C=O) groups excluding carboxylic acids is 1. The summed E-state index contributed by atoms with van der Waals surface area (Å²) in [6, 6.07) is 29.5. The molecule has 202 valence electrons. The van der Waals surface area contributed by atoms with E-state index in [1.165, 1.54) is 27.8 Å². The van der Waals surface area contributed by atoms with Gasteiger partial charge >= 0.3 is 0 Å². The molecular weight excluding hydrogens is 482 g/mol. The first-order valence-electron chi connectivity index (χ1n) is 13.7. The van der Waals surface area contributed by atoms with Crippen LogP contribution in [0.3, 0.4) is 0 Å². The van der Waals surface area contributed by atoms with Gasteiger partial charge in [0.05, 0.1) is 0 Å². The molecule has 0 aromatic heterocycles. The lowest BCUT2D eigenvalue weighted by molar-refractivity contribution is -0.118. The van der Waals surface area contributed by atoms with Crippen LogP contribution < -0.4 is 14.8 Å². The Morgan fingerprint density at radius 3 is 2.26 bits per heavy atom. The van der Waals surface area contributed by atoms with E-state index in [1.807, 2.05) is 18.2 Å². The topological polar surface area (TPSA) is 47.6 Å². The summed E-state index contributed by atoms with van der Waals surface area (Å²) in [6.07, 6.45) is 2.76. The fraction of sp³-hybridized carbons (Fsp3) is 0.286. The second kappa shape index (κ2) is 13.7. The van der Waals surface area contributed by atoms with E-state index >= 15 is 0 Å². The molecule has 4 heteroatoms. The van der Waals surface area contributed by atoms with Gasteiger partial charge in [-0.15, -0.1) is 0 Å². The van der Waals surface area contributed by atoms with Gasteiger partial charge in [0.25, 0.3) is 0 Å². The van der Waals surface area contributed by atoms with Crippen LogP contribution >= 0.6 is 0 Å². The van der Waals surface area contributed by atoms with E-state index < -0.39 is 0 Å². The molecule has 0 bridgehead atoms. The molecule has 4 nitrogen and oxygen atoms in total. The van der Waals surface area contributed by atoms with Crippen LogP contribution in [0.1, 0.15) is 53.1 Å². The van der Waals surface area contributed by atoms with Crippen LogP contribution in [0, 0.1) is 20.8 Å². The van der Waals surface area contributed by atoms with Crippen LogP contribution in [0.5, 0.6) is 11.5 Å². The van der Waals surface area contributed by atoms with Gasteiger partial charge in [-0.25, -0.2) is 0 Å². The highest BCUT2D eigenvalue weighted by Crippen LogP contribution is 2.30. The Hall–Kier alpha value is -4.05. The maximum atomic E-state index is 11.2. The fourth-order valence-corrected chi connectivity index (χ4v) is 4.92. The predicted octanol–water partition coefficient (Wildman–Crippen LogP) is 7.90. The molecule has 1 N–H and O–H groups in total. The van der Waals surface area contributed by atoms with E-state index in [4.69, 9.17) is 9.47 Å². The summed E-state index contributed by atoms with van der Waals surface area (Å²) in [7, 11) is 0. The van der Waals surface area contributed by atoms with Gasteiger partial charge in [-0.05, 0) is 79.5 Å². The van der Waals surface area contributed by atoms with Crippen LogP contribution in [0.15, 0.2) is 84.9 Å². The molecule has 0 aliphatic heterocycles. The van der Waals surface area contributed by atoms with Gasteiger partial charge in [-0.3, -0.25) is 4.79 Å². The van der Waals surface area contributed by atoms with E-state index in [9.17, 15) is 4.79 Å². The number of ether oxygens (including phenoxy) is 2. The number of aryl methyl sites for hydroxylation is 3. The number of carbonyl (C=O) groups is 1. The Kier molecular flexibility index (Phi) is 9.80. The van der Waals surface area contributed by atoms with Gasteiger partial charge in [0.1, 0.15) is 24.7 Å². The number of nitrogens with one attached hydrogen (secondary N) is 1. The quantitative estimate of drug-likeness (QED) is 0.193. The fourth-order valence-electron chi connectivity index (χ4n) is 4.92. The summed E-state index contributed by atoms with van der Waals surface area (Å²) < 4.78 is 12.7. The Morgan fingerprint density at radius 2 is 1.51 bits per heavy atom. The molecule has 0 saturated heterocycles. The van der Waals surface area contributed by atoms with Crippen molar-refractivity contribution in [1.29, 1.82) is 0 Å². The Bertz CT molecular complexity index is 1370. The highest BCUT2D eigenvalue weighted by atomic mass is 16.5. The van der Waals surface area contributed by atoms with Crippen LogP contribution in [0.4, 0.5) is 0 Å². The highest BCUT2D eigenvalue weighted by molar-refractivity contribution is 5.72. The van der Waals surface area contributed by atoms with E-state index in [-0.39, 0.29) is 5.91 Å². The third-order valence-corrected chi connectivity index (χ3v) is 6.89. The SMILES string of the molecule is CC(=O)NCCCCc1ccc(OCc2cccc(-c3ccccc3)c2C)cc1OCc1cc(C)cc(C)c1. The second-order valence-corrected chi connectivity index (χ2v) is 10.2. The molecule has 0 radical (unpaired) electrons. The standard InChI is InChI=1S/C35H39NO3/c1-25-19-26(2)21-29(20-25)23-39-35-22-33(17-16-31(35)13-8-9-18-36-28(4)37)38-24-32-14-10-15-34(27(32)3)30-11-6-5-7-12-30/h5-7,10-12,14-17,19-22H,8-9,13,18,23-24H2,1-4H3,(H,36,37). The van der Waals surface area contributed by atoms with Crippen molar-refractivity contribution in [2.75, 3.05) is 6.54 Å². The highest BCUT2D eigenvalue weighted by Gasteiger charge is 2.10. The van der Waals surface area contributed by atoms with Gasteiger partial charge < -0.3 is 14.8 Å². The molecule has 0 spiro atoms. The van der Waals surface area contributed by atoms with E-state index in [0.717, 1.165) is 47.5 Å². The summed E-state index contributed by atoms with van der Waals surface area (Å²) in [5, 5.41) is 2.87. The van der Waals surface area contributed by atoms with Crippen molar-refractivity contribution in [1.82, 2.24) is 5.32 Å². The smallest absolute Gasteiger partial charge is 0.216 e. The average molecular weight is 522 g/mol. The van der Waals surface area contributed by atoms with Gasteiger partial charge in [0.15, 0.2) is 0 Å². The predicted molar refractivity (Wildman–Crippen MR) is 159 cm³/mol. The van der Waals surface area contributed by atoms with Crippen molar-refractivity contribution in [2.24, 2.45) is 0 Å². The van der Waals surface area contributed by atoms with Crippen molar-refractivity contribution in [3.8, 4) is 22.6 Å². The lowest BCUT2D eigenvalue weighted by atomic mass is 9.97. The molecule has 0 aliphatic rings. The normalized spacial score (nSPS) is 10.8. The van der Waals surface area contributed by atoms with Crippen molar-refractivity contribution in [2.45, 2.75) is 60.2 Å². The Balaban J connectivity index is 1.48. The summed E-state index contributed by atoms with van der Waals surface area (Å²) >= 11 is 0. The molecule has 0 atom stereocenters. The zero-order valence-electron chi connectivity index (χ0n) is 23.6. The third kappa shape index (κ3) is 8.22. The Labute approximate surface area is 233 Å². The van der Waals surface area contributed by atoms with E-state index in [2.05, 4.69) is 92.8 Å². The average Bonchev–Trinajstić information content (AvgIpc) is 2.91. The second-order valence-electron chi connectivity index (χ2n) is 10.2. The molecule has 0 unspecified atom stereocenters. The molecule has 0 heterocycles. The summed E-state index contributed by atoms with van der Waals surface area (Å²) in [5.74, 6) is 1.65. The van der Waals surface area contributed by atoms with Crippen LogP contribution in [-0.4, -0.2) is 12.5 Å². The lowest BCUT2D eigenvalue weighted by Gasteiger charge is -2.16. The summed E-state index contributed by atoms with van der Waals surface area (Å²) in [6.45, 7) is 9.61. The number of hydrogen-bond acceptors (Lipinski definition) is 3. The largest absolute Gasteiger partial charge is 0.489 e. The minimum Gasteiger partial charge on any atom is -0.489 e. The molecule has 4 aromatic rings. The molecule has 4 rings (SSSR count). The number of benzene rings is 4. The van der Waals surface area contributed by atoms with Crippen LogP contribution in [0.25, 0.3) is 11.1 Å². The van der Waals surface area contributed by atoms with Gasteiger partial charge in [0, 0.05) is 19.5 Å². The van der Waals surface area contributed by atoms with E-state index in [0.29, 0.717) is 19.8 Å². The summed E-state index contributed by atoms with van der Waals surface area (Å²) in [5.41, 5.74) is 9.60. The maximum Gasteiger partial charge on any atom is 0.216 e. The van der Waals surface area contributed by atoms with Gasteiger partial charge in [-0.2, -0.15) is 0 Å². The zero-order chi connectivity index (χ0) is 27.6. The molecule has 39 heavy (non-hydrogen) atoms. The number of unbranched alkanes of at least 4 members (excludes halogenated alkanes) is 1. The monoisotopic (exact) mass is 521 g/mol. The van der Waals surface area contributed by atoms with Gasteiger partial charge in [-0.1, -0.05) is 83.9 Å². The molecular formula is C35H39NO3. The minimum absolute atomic E-state index is 0.0125. The van der Waals surface area contributed by atoms with Gasteiger partial charge in [0.2, 0.25) is 5.91 Å². The van der Waals surface area contributed by atoms with Crippen LogP contribution in [-0.2, 0) is 24.4 Å². The lowest BCUT2D eigenvalue weighted by Crippen LogP contribution is -2.20. The molecule has 0 fully saturated rings. The molecule has 0 aliphatic carbocycles. The van der Waals surface area contributed by atoms with Crippen LogP contribution in [0.2, 0.25) is 0 Å². The van der Waals surface area contributed by atoms with Crippen molar-refractivity contribution < 1.29 is 14.3 Å². The third-order valence-electron chi connectivity index (χ3n) is 6.89. The molecule has 0 saturated carbocycles.